The summed E-state index contributed by atoms with van der Waals surface area (Å²) in [5.41, 5.74) is 11.3. The van der Waals surface area contributed by atoms with Crippen LogP contribution >= 0.6 is 0 Å². The molecule has 5 rings (SSSR count). The van der Waals surface area contributed by atoms with Gasteiger partial charge in [-0.3, -0.25) is 57.5 Å². The largest absolute Gasteiger partial charge is 0.368 e. The molecule has 16 N–H and O–H groups in total. The number of hydrogen-bond donors (Lipinski definition) is 15. The molecule has 1 saturated heterocycles. The fourth-order valence-corrected chi connectivity index (χ4v) is 12.7. The van der Waals surface area contributed by atoms with Gasteiger partial charge in [0.15, 0.2) is 0 Å². The number of rotatable bonds is 58. The number of H-pyrrole nitrogens is 2. The second-order valence-corrected chi connectivity index (χ2v) is 28.4. The molecule has 0 aliphatic carbocycles. The Balaban J connectivity index is 1.26. The summed E-state index contributed by atoms with van der Waals surface area (Å²) in [6.07, 6.45) is 25.6. The van der Waals surface area contributed by atoms with Crippen LogP contribution in [0.5, 0.6) is 0 Å². The van der Waals surface area contributed by atoms with E-state index in [-0.39, 0.29) is 70.0 Å². The van der Waals surface area contributed by atoms with Gasteiger partial charge in [0, 0.05) is 101 Å². The van der Waals surface area contributed by atoms with Gasteiger partial charge in [-0.05, 0) is 75.5 Å². The number of para-hydroxylation sites is 1. The second kappa shape index (κ2) is 52.7. The van der Waals surface area contributed by atoms with Crippen molar-refractivity contribution >= 4 is 81.8 Å². The molecule has 1 fully saturated rings. The normalized spacial score (nSPS) is 15.1. The van der Waals surface area contributed by atoms with E-state index in [2.05, 4.69) is 92.7 Å². The first-order valence-corrected chi connectivity index (χ1v) is 39.9. The molecule has 1 aliphatic heterocycles. The van der Waals surface area contributed by atoms with E-state index in [0.717, 1.165) is 62.3 Å². The van der Waals surface area contributed by atoms with Crippen LogP contribution in [0.15, 0.2) is 73.3 Å². The Bertz CT molecular complexity index is 3410. The number of aromatic amines is 2. The lowest BCUT2D eigenvalue weighted by Gasteiger charge is -2.27. The molecule has 0 spiro atoms. The van der Waals surface area contributed by atoms with Crippen molar-refractivity contribution < 1.29 is 62.3 Å². The van der Waals surface area contributed by atoms with Gasteiger partial charge in [0.1, 0.15) is 36.3 Å². The van der Waals surface area contributed by atoms with Crippen molar-refractivity contribution in [3.63, 3.8) is 0 Å². The molecule has 2 unspecified atom stereocenters. The van der Waals surface area contributed by atoms with Gasteiger partial charge in [0.2, 0.25) is 71.5 Å². The van der Waals surface area contributed by atoms with Gasteiger partial charge in [0.25, 0.3) is 11.8 Å². The minimum atomic E-state index is -1.45. The third kappa shape index (κ3) is 36.2. The van der Waals surface area contributed by atoms with Gasteiger partial charge in [-0.1, -0.05) is 185 Å². The Morgan fingerprint density at radius 1 is 0.477 bits per heavy atom. The molecule has 30 heteroatoms. The van der Waals surface area contributed by atoms with Crippen molar-refractivity contribution in [3.05, 3.63) is 90.1 Å². The van der Waals surface area contributed by atoms with Crippen molar-refractivity contribution in [2.75, 3.05) is 39.3 Å². The summed E-state index contributed by atoms with van der Waals surface area (Å²) >= 11 is 0. The molecule has 2 aromatic heterocycles. The molecular weight excluding hydrogens is 1390 g/mol. The lowest BCUT2D eigenvalue weighted by atomic mass is 10.0. The van der Waals surface area contributed by atoms with E-state index >= 15 is 0 Å². The number of nitrogens with one attached hydrogen (secondary N) is 14. The number of hydrazine groups is 1. The monoisotopic (exact) mass is 1520 g/mol. The number of aromatic nitrogens is 3. The smallest absolute Gasteiger partial charge is 0.265 e. The van der Waals surface area contributed by atoms with Crippen LogP contribution in [0.25, 0.3) is 10.9 Å². The third-order valence-electron chi connectivity index (χ3n) is 19.0. The molecule has 3 heterocycles. The first-order chi connectivity index (χ1) is 52.7. The van der Waals surface area contributed by atoms with Crippen molar-refractivity contribution in [2.45, 2.75) is 282 Å². The molecule has 12 amide bonds. The quantitative estimate of drug-likeness (QED) is 0.0246. The highest BCUT2D eigenvalue weighted by Crippen LogP contribution is 2.21. The zero-order valence-electron chi connectivity index (χ0n) is 65.0. The Morgan fingerprint density at radius 3 is 1.55 bits per heavy atom. The highest BCUT2D eigenvalue weighted by atomic mass is 16.6. The van der Waals surface area contributed by atoms with Crippen LogP contribution in [0.2, 0.25) is 0 Å². The Hall–Kier alpha value is -9.29. The standard InChI is InChI=1S/C79H125N17O13/c1-6-9-12-14-16-18-20-22-27-41-67(98)82-44-33-46-85-76(107)78-95-96(79(109-78)77(108)86-47-34-45-83-68(99)42-28-23-21-19-17-15-13-10-7-2)53-69(100)84-43-32-31-40-63(73(104)92-64(70(80)101)49-58-51-87-61-39-30-29-37-60(58)61)91-74(105)65(48-57-35-25-24-26-36-57)94-75(106)66(50-59-52-81-54-88-59)93-71(102)55(4)89-72(103)62(38-11-8-3)90-56(5)97/h24-26,29-30,35-37,39,51-52,54-55,62-66,78-79,87,95H,6-23,27-28,31-34,38,40-50,53H2,1-5H3,(H2,80,101)(H,81,88)(H,82,98)(H,83,99)(H,84,100)(H,85,107)(H,86,108)(H,89,103)(H,90,97)(H,91,105)(H,92,104)(H,93,102)(H,94,106)/t55-,62-,63-,64-,65+,66-,78?,79?/m0/s1. The lowest BCUT2D eigenvalue weighted by molar-refractivity contribution is -0.144. The molecule has 30 nitrogen and oxygen atoms in total. The second-order valence-electron chi connectivity index (χ2n) is 28.4. The van der Waals surface area contributed by atoms with E-state index in [9.17, 15) is 57.5 Å². The van der Waals surface area contributed by atoms with Crippen molar-refractivity contribution in [3.8, 4) is 0 Å². The maximum Gasteiger partial charge on any atom is 0.265 e. The molecule has 2 aromatic carbocycles. The molecule has 8 atom stereocenters. The summed E-state index contributed by atoms with van der Waals surface area (Å²) in [6, 6.07) is 8.60. The Kier molecular flexibility index (Phi) is 43.7. The van der Waals surface area contributed by atoms with E-state index < -0.39 is 114 Å². The fraction of sp³-hybridized carbons (Fsp3) is 0.633. The predicted molar refractivity (Wildman–Crippen MR) is 416 cm³/mol. The molecule has 604 valence electrons. The number of carbonyl (C=O) groups excluding carboxylic acids is 12. The zero-order valence-corrected chi connectivity index (χ0v) is 65.0. The minimum absolute atomic E-state index is 0.0185. The summed E-state index contributed by atoms with van der Waals surface area (Å²) < 4.78 is 5.96. The number of fused-ring (bicyclic) bond motifs is 1. The summed E-state index contributed by atoms with van der Waals surface area (Å²) in [5.74, 6) is -7.01. The van der Waals surface area contributed by atoms with Crippen LogP contribution in [-0.4, -0.2) is 179 Å². The van der Waals surface area contributed by atoms with Crippen molar-refractivity contribution in [1.29, 1.82) is 0 Å². The first-order valence-electron chi connectivity index (χ1n) is 39.9. The van der Waals surface area contributed by atoms with Crippen LogP contribution in [-0.2, 0) is 81.5 Å². The molecule has 0 bridgehead atoms. The SMILES string of the molecule is CCCCCCCCCCCC(=O)NCCCNC(=O)C1NN(CC(=O)NCCCC[C@H](NC(=O)[C@@H](Cc2ccccc2)NC(=O)[C@H](Cc2cnc[nH]2)NC(=O)[C@H](C)NC(=O)[C@H](CCCC)NC(C)=O)C(=O)N[C@@H](Cc2c[nH]c3ccccc23)C(N)=O)C(C(=O)NCCCNC(=O)CCCCCCCCCCC)O1. The number of unbranched alkanes of at least 4 members (excludes halogenated alkanes) is 18. The van der Waals surface area contributed by atoms with E-state index in [1.54, 1.807) is 36.5 Å². The van der Waals surface area contributed by atoms with Crippen molar-refractivity contribution in [1.82, 2.24) is 83.9 Å². The number of primary amides is 1. The predicted octanol–water partition coefficient (Wildman–Crippen LogP) is 5.41. The van der Waals surface area contributed by atoms with E-state index in [1.165, 1.54) is 102 Å². The summed E-state index contributed by atoms with van der Waals surface area (Å²) in [7, 11) is 0. The maximum absolute atomic E-state index is 14.9. The first kappa shape index (κ1) is 90.3. The summed E-state index contributed by atoms with van der Waals surface area (Å²) in [5, 5.41) is 32.5. The molecule has 0 radical (unpaired) electrons. The number of nitrogens with two attached hydrogens (primary N) is 1. The zero-order chi connectivity index (χ0) is 79.0. The van der Waals surface area contributed by atoms with Gasteiger partial charge in [-0.2, -0.15) is 5.01 Å². The highest BCUT2D eigenvalue weighted by Gasteiger charge is 2.42. The Morgan fingerprint density at radius 2 is 0.963 bits per heavy atom. The highest BCUT2D eigenvalue weighted by molar-refractivity contribution is 5.97. The minimum Gasteiger partial charge on any atom is -0.368 e. The molecule has 1 aliphatic rings. The van der Waals surface area contributed by atoms with Crippen LogP contribution in [0.4, 0.5) is 0 Å². The molecule has 0 saturated carbocycles. The number of amides is 12. The van der Waals surface area contributed by atoms with Gasteiger partial charge in [-0.15, -0.1) is 0 Å². The number of nitrogens with zero attached hydrogens (tertiary/aromatic N) is 2. The molecule has 4 aromatic rings. The van der Waals surface area contributed by atoms with Crippen LogP contribution in [0.1, 0.15) is 231 Å². The number of imidazole rings is 1. The van der Waals surface area contributed by atoms with Gasteiger partial charge < -0.3 is 78.9 Å². The van der Waals surface area contributed by atoms with Crippen molar-refractivity contribution in [2.24, 2.45) is 5.73 Å². The molecule has 109 heavy (non-hydrogen) atoms. The van der Waals surface area contributed by atoms with Crippen LogP contribution in [0, 0.1) is 0 Å². The maximum atomic E-state index is 14.9. The molecular formula is C79H125N17O13. The Labute approximate surface area is 642 Å². The van der Waals surface area contributed by atoms with E-state index in [1.807, 2.05) is 31.2 Å². The van der Waals surface area contributed by atoms with E-state index in [4.69, 9.17) is 10.5 Å². The summed E-state index contributed by atoms with van der Waals surface area (Å²) in [6.45, 7) is 9.57. The fourth-order valence-electron chi connectivity index (χ4n) is 12.7. The topological polar surface area (TPSA) is 432 Å². The van der Waals surface area contributed by atoms with Gasteiger partial charge in [0.05, 0.1) is 12.9 Å². The number of ether oxygens (including phenoxy) is 1. The number of carbonyl (C=O) groups is 12. The number of hydrogen-bond acceptors (Lipinski definition) is 16. The lowest BCUT2D eigenvalue weighted by Crippen LogP contribution is -2.60. The van der Waals surface area contributed by atoms with Crippen LogP contribution in [0.3, 0.4) is 0 Å². The van der Waals surface area contributed by atoms with Crippen LogP contribution < -0.4 is 69.6 Å². The van der Waals surface area contributed by atoms with E-state index in [0.29, 0.717) is 68.4 Å². The summed E-state index contributed by atoms with van der Waals surface area (Å²) in [4.78, 5) is 173. The third-order valence-corrected chi connectivity index (χ3v) is 19.0. The average molecular weight is 1520 g/mol. The van der Waals surface area contributed by atoms with Gasteiger partial charge in [-0.25, -0.2) is 10.4 Å². The average Bonchev–Trinajstić information content (AvgIpc) is 1.71. The number of benzene rings is 2. The van der Waals surface area contributed by atoms with Gasteiger partial charge >= 0.3 is 0 Å².